The number of alkyl carbamates (subject to hydrolysis) is 1. The molecule has 0 radical (unpaired) electrons. The van der Waals surface area contributed by atoms with Crippen molar-refractivity contribution >= 4 is 18.0 Å². The molecule has 7 heteroatoms. The Labute approximate surface area is 174 Å². The summed E-state index contributed by atoms with van der Waals surface area (Å²) in [5, 5.41) is 11.4. The van der Waals surface area contributed by atoms with Gasteiger partial charge in [-0.15, -0.1) is 6.42 Å². The third-order valence-corrected chi connectivity index (χ3v) is 4.97. The first-order valence-electron chi connectivity index (χ1n) is 9.48. The number of hydrogen-bond donors (Lipinski definition) is 2. The highest BCUT2D eigenvalue weighted by Gasteiger charge is 2.30. The van der Waals surface area contributed by atoms with Gasteiger partial charge < -0.3 is 20.1 Å². The summed E-state index contributed by atoms with van der Waals surface area (Å²) in [6, 6.07) is 15.0. The van der Waals surface area contributed by atoms with Crippen LogP contribution in [-0.4, -0.2) is 53.7 Å². The van der Waals surface area contributed by atoms with Crippen molar-refractivity contribution in [1.29, 1.82) is 0 Å². The Kier molecular flexibility index (Phi) is 6.38. The molecule has 2 amide bonds. The average Bonchev–Trinajstić information content (AvgIpc) is 3.05. The Morgan fingerprint density at radius 3 is 2.23 bits per heavy atom. The second-order valence-corrected chi connectivity index (χ2v) is 6.98. The fraction of sp³-hybridized carbons (Fsp3) is 0.261. The Balaban J connectivity index is 1.63. The summed E-state index contributed by atoms with van der Waals surface area (Å²) in [6.45, 7) is 0.862. The SMILES string of the molecule is C#CCN(CC(=O)O)C(=O)[C@H](C)NC(=O)OCC1c2ccccc2-c2ccccc21. The predicted molar refractivity (Wildman–Crippen MR) is 111 cm³/mol. The van der Waals surface area contributed by atoms with Crippen molar-refractivity contribution < 1.29 is 24.2 Å². The molecule has 0 aliphatic heterocycles. The Hall–Kier alpha value is -3.79. The second kappa shape index (κ2) is 9.14. The minimum atomic E-state index is -1.19. The number of hydrogen-bond acceptors (Lipinski definition) is 4. The van der Waals surface area contributed by atoms with Gasteiger partial charge in [-0.25, -0.2) is 4.79 Å². The van der Waals surface area contributed by atoms with Gasteiger partial charge in [0.05, 0.1) is 6.54 Å². The highest BCUT2D eigenvalue weighted by Crippen LogP contribution is 2.44. The van der Waals surface area contributed by atoms with E-state index < -0.39 is 30.6 Å². The summed E-state index contributed by atoms with van der Waals surface area (Å²) in [6.07, 6.45) is 4.44. The van der Waals surface area contributed by atoms with E-state index in [-0.39, 0.29) is 19.1 Å². The van der Waals surface area contributed by atoms with Crippen molar-refractivity contribution in [1.82, 2.24) is 10.2 Å². The molecule has 0 bridgehead atoms. The lowest BCUT2D eigenvalue weighted by atomic mass is 9.98. The standard InChI is InChI=1S/C23H22N2O5/c1-3-12-25(13-21(26)27)22(28)15(2)24-23(29)30-14-20-18-10-6-4-8-16(18)17-9-5-7-11-19(17)20/h1,4-11,15,20H,12-14H2,2H3,(H,24,29)(H,26,27)/t15-/m0/s1. The number of carboxylic acids is 1. The summed E-state index contributed by atoms with van der Waals surface area (Å²) in [5.41, 5.74) is 4.39. The van der Waals surface area contributed by atoms with Crippen molar-refractivity contribution in [3.63, 3.8) is 0 Å². The van der Waals surface area contributed by atoms with Crippen LogP contribution in [-0.2, 0) is 14.3 Å². The zero-order valence-corrected chi connectivity index (χ0v) is 16.5. The normalized spacial score (nSPS) is 12.8. The molecule has 0 saturated carbocycles. The van der Waals surface area contributed by atoms with Gasteiger partial charge in [-0.1, -0.05) is 54.5 Å². The van der Waals surface area contributed by atoms with Crippen molar-refractivity contribution in [2.75, 3.05) is 19.7 Å². The van der Waals surface area contributed by atoms with Gasteiger partial charge in [0.1, 0.15) is 19.2 Å². The molecule has 1 aliphatic rings. The highest BCUT2D eigenvalue weighted by atomic mass is 16.5. The first kappa shape index (κ1) is 20.9. The summed E-state index contributed by atoms with van der Waals surface area (Å²) in [5.74, 6) is 0.361. The number of carboxylic acid groups (broad SMARTS) is 1. The van der Waals surface area contributed by atoms with Crippen LogP contribution >= 0.6 is 0 Å². The molecule has 0 unspecified atom stereocenters. The molecular formula is C23H22N2O5. The minimum Gasteiger partial charge on any atom is -0.480 e. The predicted octanol–water partition coefficient (Wildman–Crippen LogP) is 2.46. The third kappa shape index (κ3) is 4.44. The number of fused-ring (bicyclic) bond motifs is 3. The van der Waals surface area contributed by atoms with Crippen LogP contribution in [0.1, 0.15) is 24.0 Å². The maximum absolute atomic E-state index is 12.4. The summed E-state index contributed by atoms with van der Waals surface area (Å²) in [4.78, 5) is 36.6. The molecule has 1 atom stereocenters. The Bertz CT molecular complexity index is 965. The molecule has 30 heavy (non-hydrogen) atoms. The van der Waals surface area contributed by atoms with E-state index in [0.29, 0.717) is 0 Å². The van der Waals surface area contributed by atoms with Gasteiger partial charge in [-0.05, 0) is 29.2 Å². The van der Waals surface area contributed by atoms with Crippen LogP contribution in [0, 0.1) is 12.3 Å². The Morgan fingerprint density at radius 2 is 1.70 bits per heavy atom. The smallest absolute Gasteiger partial charge is 0.407 e. The number of nitrogens with zero attached hydrogens (tertiary/aromatic N) is 1. The van der Waals surface area contributed by atoms with Crippen LogP contribution in [0.4, 0.5) is 4.79 Å². The number of ether oxygens (including phenoxy) is 1. The molecule has 0 heterocycles. The molecule has 7 nitrogen and oxygen atoms in total. The molecule has 2 aromatic carbocycles. The first-order valence-corrected chi connectivity index (χ1v) is 9.48. The number of carbonyl (C=O) groups is 3. The second-order valence-electron chi connectivity index (χ2n) is 6.98. The quantitative estimate of drug-likeness (QED) is 0.689. The number of amides is 2. The average molecular weight is 406 g/mol. The molecule has 0 spiro atoms. The van der Waals surface area contributed by atoms with Crippen molar-refractivity contribution in [2.45, 2.75) is 18.9 Å². The number of aliphatic carboxylic acids is 1. The summed E-state index contributed by atoms with van der Waals surface area (Å²) >= 11 is 0. The van der Waals surface area contributed by atoms with Crippen molar-refractivity contribution in [3.05, 3.63) is 59.7 Å². The molecular weight excluding hydrogens is 384 g/mol. The van der Waals surface area contributed by atoms with E-state index in [4.69, 9.17) is 16.3 Å². The van der Waals surface area contributed by atoms with E-state index >= 15 is 0 Å². The van der Waals surface area contributed by atoms with Gasteiger partial charge in [0.25, 0.3) is 0 Å². The van der Waals surface area contributed by atoms with Crippen LogP contribution in [0.2, 0.25) is 0 Å². The molecule has 0 aromatic heterocycles. The van der Waals surface area contributed by atoms with E-state index in [9.17, 15) is 14.4 Å². The topological polar surface area (TPSA) is 95.9 Å². The van der Waals surface area contributed by atoms with Crippen LogP contribution in [0.25, 0.3) is 11.1 Å². The van der Waals surface area contributed by atoms with Crippen molar-refractivity contribution in [2.24, 2.45) is 0 Å². The van der Waals surface area contributed by atoms with Gasteiger partial charge >= 0.3 is 12.1 Å². The number of carbonyl (C=O) groups excluding carboxylic acids is 2. The largest absolute Gasteiger partial charge is 0.480 e. The van der Waals surface area contributed by atoms with E-state index in [2.05, 4.69) is 11.2 Å². The monoisotopic (exact) mass is 406 g/mol. The van der Waals surface area contributed by atoms with E-state index in [0.717, 1.165) is 27.2 Å². The fourth-order valence-electron chi connectivity index (χ4n) is 3.64. The molecule has 0 fully saturated rings. The lowest BCUT2D eigenvalue weighted by Crippen LogP contribution is -2.48. The van der Waals surface area contributed by atoms with Crippen LogP contribution in [0.5, 0.6) is 0 Å². The zero-order chi connectivity index (χ0) is 21.7. The molecule has 0 saturated heterocycles. The van der Waals surface area contributed by atoms with E-state index in [1.807, 2.05) is 48.5 Å². The molecule has 2 aromatic rings. The number of terminal acetylenes is 1. The Morgan fingerprint density at radius 1 is 1.13 bits per heavy atom. The summed E-state index contributed by atoms with van der Waals surface area (Å²) in [7, 11) is 0. The van der Waals surface area contributed by atoms with Crippen LogP contribution in [0.3, 0.4) is 0 Å². The van der Waals surface area contributed by atoms with Gasteiger partial charge in [0, 0.05) is 5.92 Å². The molecule has 2 N–H and O–H groups in total. The van der Waals surface area contributed by atoms with Gasteiger partial charge in [-0.3, -0.25) is 9.59 Å². The number of nitrogens with one attached hydrogen (secondary N) is 1. The van der Waals surface area contributed by atoms with Crippen LogP contribution in [0.15, 0.2) is 48.5 Å². The lowest BCUT2D eigenvalue weighted by molar-refractivity contribution is -0.144. The van der Waals surface area contributed by atoms with Gasteiger partial charge in [0.2, 0.25) is 5.91 Å². The van der Waals surface area contributed by atoms with Crippen LogP contribution < -0.4 is 5.32 Å². The molecule has 3 rings (SSSR count). The van der Waals surface area contributed by atoms with E-state index in [1.165, 1.54) is 6.92 Å². The van der Waals surface area contributed by atoms with Gasteiger partial charge in [0.15, 0.2) is 0 Å². The van der Waals surface area contributed by atoms with E-state index in [1.54, 1.807) is 0 Å². The summed E-state index contributed by atoms with van der Waals surface area (Å²) < 4.78 is 5.40. The molecule has 1 aliphatic carbocycles. The third-order valence-electron chi connectivity index (χ3n) is 4.97. The number of benzene rings is 2. The lowest BCUT2D eigenvalue weighted by Gasteiger charge is -2.23. The zero-order valence-electron chi connectivity index (χ0n) is 16.5. The number of rotatable bonds is 7. The minimum absolute atomic E-state index is 0.0980. The maximum atomic E-state index is 12.4. The highest BCUT2D eigenvalue weighted by molar-refractivity contribution is 5.88. The van der Waals surface area contributed by atoms with Crippen molar-refractivity contribution in [3.8, 4) is 23.5 Å². The van der Waals surface area contributed by atoms with Gasteiger partial charge in [-0.2, -0.15) is 0 Å². The first-order chi connectivity index (χ1) is 14.4. The fourth-order valence-corrected chi connectivity index (χ4v) is 3.64. The maximum Gasteiger partial charge on any atom is 0.407 e. The molecule has 154 valence electrons.